The van der Waals surface area contributed by atoms with E-state index in [2.05, 4.69) is 12.6 Å². The molecule has 4 aliphatic carbocycles. The van der Waals surface area contributed by atoms with E-state index < -0.39 is 5.60 Å². The Labute approximate surface area is 127 Å². The van der Waals surface area contributed by atoms with Crippen LogP contribution in [0, 0.1) is 34.0 Å². The summed E-state index contributed by atoms with van der Waals surface area (Å²) in [4.78, 5) is 12.0. The molecule has 21 heavy (non-hydrogen) atoms. The fraction of sp³-hybridized carbons (Fsp3) is 0.778. The summed E-state index contributed by atoms with van der Waals surface area (Å²) in [5.41, 5.74) is -0.277. The van der Waals surface area contributed by atoms with E-state index in [0.717, 1.165) is 32.1 Å². The van der Waals surface area contributed by atoms with Gasteiger partial charge in [0, 0.05) is 11.0 Å². The van der Waals surface area contributed by atoms with Gasteiger partial charge < -0.3 is 4.74 Å². The Balaban J connectivity index is 1.92. The summed E-state index contributed by atoms with van der Waals surface area (Å²) in [6.07, 6.45) is 6.45. The highest BCUT2D eigenvalue weighted by atomic mass is 16.6. The highest BCUT2D eigenvalue weighted by Crippen LogP contribution is 2.68. The molecule has 4 aliphatic rings. The second kappa shape index (κ2) is 4.35. The van der Waals surface area contributed by atoms with Crippen molar-refractivity contribution in [2.24, 2.45) is 22.7 Å². The number of hydrogen-bond donors (Lipinski definition) is 0. The van der Waals surface area contributed by atoms with Gasteiger partial charge in [-0.25, -0.2) is 4.79 Å². The lowest BCUT2D eigenvalue weighted by Crippen LogP contribution is -2.60. The van der Waals surface area contributed by atoms with Crippen LogP contribution in [-0.4, -0.2) is 11.6 Å². The second-order valence-corrected chi connectivity index (χ2v) is 8.31. The van der Waals surface area contributed by atoms with E-state index in [1.54, 1.807) is 6.92 Å². The molecule has 2 atom stereocenters. The van der Waals surface area contributed by atoms with Crippen molar-refractivity contribution in [2.45, 2.75) is 64.9 Å². The fourth-order valence-corrected chi connectivity index (χ4v) is 5.52. The maximum Gasteiger partial charge on any atom is 0.333 e. The lowest BCUT2D eigenvalue weighted by Gasteiger charge is -2.63. The first-order valence-corrected chi connectivity index (χ1v) is 8.01. The third-order valence-electron chi connectivity index (χ3n) is 6.27. The first-order chi connectivity index (χ1) is 9.71. The molecule has 0 amide bonds. The van der Waals surface area contributed by atoms with E-state index in [1.807, 2.05) is 13.8 Å². The first-order valence-electron chi connectivity index (χ1n) is 8.01. The molecule has 4 fully saturated rings. The Hall–Kier alpha value is -1.30. The standard InChI is InChI=1S/C18H25NO2/c1-12(2)15(20)21-16(3,4)18-8-13-5-14(9-18)7-17(6-13,10-18)11-19/h13-14H,1,5-10H2,2-4H3. The zero-order valence-electron chi connectivity index (χ0n) is 13.4. The van der Waals surface area contributed by atoms with E-state index in [1.165, 1.54) is 6.42 Å². The molecule has 2 unspecified atom stereocenters. The van der Waals surface area contributed by atoms with Gasteiger partial charge in [-0.2, -0.15) is 5.26 Å². The number of ether oxygens (including phenoxy) is 1. The number of esters is 1. The van der Waals surface area contributed by atoms with E-state index in [4.69, 9.17) is 4.74 Å². The summed E-state index contributed by atoms with van der Waals surface area (Å²) in [7, 11) is 0. The van der Waals surface area contributed by atoms with Gasteiger partial charge in [0.1, 0.15) is 5.60 Å². The molecule has 0 spiro atoms. The van der Waals surface area contributed by atoms with E-state index in [9.17, 15) is 10.1 Å². The van der Waals surface area contributed by atoms with Crippen LogP contribution in [0.4, 0.5) is 0 Å². The Morgan fingerprint density at radius 1 is 1.29 bits per heavy atom. The molecule has 0 heterocycles. The summed E-state index contributed by atoms with van der Waals surface area (Å²) in [6, 6.07) is 2.62. The monoisotopic (exact) mass is 287 g/mol. The molecule has 0 saturated heterocycles. The van der Waals surface area contributed by atoms with Crippen molar-refractivity contribution in [1.82, 2.24) is 0 Å². The van der Waals surface area contributed by atoms with Crippen LogP contribution in [-0.2, 0) is 9.53 Å². The smallest absolute Gasteiger partial charge is 0.333 e. The minimum Gasteiger partial charge on any atom is -0.456 e. The zero-order chi connectivity index (χ0) is 15.5. The second-order valence-electron chi connectivity index (χ2n) is 8.31. The van der Waals surface area contributed by atoms with Gasteiger partial charge in [-0.3, -0.25) is 0 Å². The Morgan fingerprint density at radius 2 is 1.86 bits per heavy atom. The SMILES string of the molecule is C=C(C)C(=O)OC(C)(C)C12CC3CC(CC(C#N)(C3)C1)C2. The summed E-state index contributed by atoms with van der Waals surface area (Å²) in [5, 5.41) is 9.71. The fourth-order valence-electron chi connectivity index (χ4n) is 5.52. The third-order valence-corrected chi connectivity index (χ3v) is 6.27. The van der Waals surface area contributed by atoms with Crippen molar-refractivity contribution in [3.63, 3.8) is 0 Å². The average Bonchev–Trinajstić information content (AvgIpc) is 2.36. The number of carbonyl (C=O) groups is 1. The number of hydrogen-bond acceptors (Lipinski definition) is 3. The Kier molecular flexibility index (Phi) is 3.03. The lowest BCUT2D eigenvalue weighted by atomic mass is 9.41. The molecular formula is C18H25NO2. The van der Waals surface area contributed by atoms with Crippen molar-refractivity contribution in [3.8, 4) is 6.07 Å². The van der Waals surface area contributed by atoms with Crippen molar-refractivity contribution >= 4 is 5.97 Å². The Morgan fingerprint density at radius 3 is 2.33 bits per heavy atom. The topological polar surface area (TPSA) is 50.1 Å². The molecule has 114 valence electrons. The van der Waals surface area contributed by atoms with Gasteiger partial charge in [0.05, 0.1) is 11.5 Å². The number of carbonyl (C=O) groups excluding carboxylic acids is 1. The first kappa shape index (κ1) is 14.6. The number of rotatable bonds is 3. The molecule has 4 saturated carbocycles. The predicted molar refractivity (Wildman–Crippen MR) is 80.1 cm³/mol. The van der Waals surface area contributed by atoms with Gasteiger partial charge in [-0.05, 0) is 71.1 Å². The molecule has 0 N–H and O–H groups in total. The van der Waals surface area contributed by atoms with E-state index in [0.29, 0.717) is 17.4 Å². The average molecular weight is 287 g/mol. The van der Waals surface area contributed by atoms with Crippen molar-refractivity contribution in [3.05, 3.63) is 12.2 Å². The molecule has 0 radical (unpaired) electrons. The quantitative estimate of drug-likeness (QED) is 0.582. The van der Waals surface area contributed by atoms with Crippen LogP contribution in [0.15, 0.2) is 12.2 Å². The molecule has 0 aliphatic heterocycles. The Bertz CT molecular complexity index is 526. The van der Waals surface area contributed by atoms with Gasteiger partial charge in [-0.15, -0.1) is 0 Å². The largest absolute Gasteiger partial charge is 0.456 e. The number of nitriles is 1. The van der Waals surface area contributed by atoms with Crippen LogP contribution >= 0.6 is 0 Å². The predicted octanol–water partition coefficient (Wildman–Crippen LogP) is 3.99. The summed E-state index contributed by atoms with van der Waals surface area (Å²) >= 11 is 0. The van der Waals surface area contributed by atoms with Crippen molar-refractivity contribution < 1.29 is 9.53 Å². The minimum absolute atomic E-state index is 0.0298. The van der Waals surface area contributed by atoms with Crippen molar-refractivity contribution in [2.75, 3.05) is 0 Å². The zero-order valence-corrected chi connectivity index (χ0v) is 13.4. The summed E-state index contributed by atoms with van der Waals surface area (Å²) < 4.78 is 5.83. The van der Waals surface area contributed by atoms with Gasteiger partial charge >= 0.3 is 5.97 Å². The lowest BCUT2D eigenvalue weighted by molar-refractivity contribution is -0.203. The highest BCUT2D eigenvalue weighted by molar-refractivity contribution is 5.87. The highest BCUT2D eigenvalue weighted by Gasteiger charge is 2.63. The summed E-state index contributed by atoms with van der Waals surface area (Å²) in [5.74, 6) is 0.962. The van der Waals surface area contributed by atoms with Crippen LogP contribution in [0.2, 0.25) is 0 Å². The maximum absolute atomic E-state index is 12.0. The third kappa shape index (κ3) is 2.11. The van der Waals surface area contributed by atoms with Crippen LogP contribution in [0.25, 0.3) is 0 Å². The van der Waals surface area contributed by atoms with Gasteiger partial charge in [0.2, 0.25) is 0 Å². The molecule has 4 bridgehead atoms. The molecule has 0 aromatic carbocycles. The normalized spacial score (nSPS) is 40.7. The van der Waals surface area contributed by atoms with E-state index >= 15 is 0 Å². The van der Waals surface area contributed by atoms with Crippen LogP contribution in [0.3, 0.4) is 0 Å². The van der Waals surface area contributed by atoms with E-state index in [-0.39, 0.29) is 16.8 Å². The minimum atomic E-state index is -0.525. The summed E-state index contributed by atoms with van der Waals surface area (Å²) in [6.45, 7) is 9.45. The van der Waals surface area contributed by atoms with Gasteiger partial charge in [0.25, 0.3) is 0 Å². The molecule has 3 heteroatoms. The van der Waals surface area contributed by atoms with Gasteiger partial charge in [-0.1, -0.05) is 6.58 Å². The van der Waals surface area contributed by atoms with Gasteiger partial charge in [0.15, 0.2) is 0 Å². The maximum atomic E-state index is 12.0. The molecule has 0 aromatic rings. The molecule has 4 rings (SSSR count). The molecule has 3 nitrogen and oxygen atoms in total. The van der Waals surface area contributed by atoms with Crippen LogP contribution < -0.4 is 0 Å². The van der Waals surface area contributed by atoms with Crippen LogP contribution in [0.1, 0.15) is 59.3 Å². The number of nitrogens with zero attached hydrogens (tertiary/aromatic N) is 1. The van der Waals surface area contributed by atoms with Crippen molar-refractivity contribution in [1.29, 1.82) is 5.26 Å². The molecular weight excluding hydrogens is 262 g/mol. The van der Waals surface area contributed by atoms with Crippen LogP contribution in [0.5, 0.6) is 0 Å². The molecule has 0 aromatic heterocycles.